The lowest BCUT2D eigenvalue weighted by molar-refractivity contribution is -0.389. The number of benzene rings is 1. The van der Waals surface area contributed by atoms with Crippen LogP contribution in [0.3, 0.4) is 0 Å². The molecule has 2 aromatic heterocycles. The zero-order valence-electron chi connectivity index (χ0n) is 13.2. The van der Waals surface area contributed by atoms with Gasteiger partial charge in [0.25, 0.3) is 0 Å². The molecule has 3 rings (SSSR count). The summed E-state index contributed by atoms with van der Waals surface area (Å²) < 4.78 is 6.93. The van der Waals surface area contributed by atoms with Crippen LogP contribution in [0.2, 0.25) is 0 Å². The van der Waals surface area contributed by atoms with Gasteiger partial charge < -0.3 is 14.9 Å². The normalized spacial score (nSPS) is 10.9. The second kappa shape index (κ2) is 7.53. The highest BCUT2D eigenvalue weighted by atomic mass is 32.1. The van der Waals surface area contributed by atoms with Crippen molar-refractivity contribution in [1.82, 2.24) is 14.8 Å². The number of nitro groups is 1. The van der Waals surface area contributed by atoms with Gasteiger partial charge in [0.1, 0.15) is 5.75 Å². The molecular weight excluding hydrogens is 344 g/mol. The van der Waals surface area contributed by atoms with E-state index in [1.54, 1.807) is 18.3 Å². The van der Waals surface area contributed by atoms with Gasteiger partial charge >= 0.3 is 5.82 Å². The van der Waals surface area contributed by atoms with E-state index in [1.807, 2.05) is 24.4 Å². The van der Waals surface area contributed by atoms with Crippen molar-refractivity contribution >= 4 is 28.5 Å². The predicted octanol–water partition coefficient (Wildman–Crippen LogP) is 3.04. The predicted molar refractivity (Wildman–Crippen MR) is 94.0 cm³/mol. The van der Waals surface area contributed by atoms with Crippen molar-refractivity contribution in [3.05, 3.63) is 63.3 Å². The first-order chi connectivity index (χ1) is 12.1. The van der Waals surface area contributed by atoms with Crippen LogP contribution in [0.15, 0.2) is 47.0 Å². The van der Waals surface area contributed by atoms with Crippen LogP contribution in [-0.4, -0.2) is 25.9 Å². The van der Waals surface area contributed by atoms with E-state index in [1.165, 1.54) is 28.3 Å². The molecule has 25 heavy (non-hydrogen) atoms. The van der Waals surface area contributed by atoms with Gasteiger partial charge in [-0.25, -0.2) is 4.98 Å². The quantitative estimate of drug-likeness (QED) is 0.395. The highest BCUT2D eigenvalue weighted by molar-refractivity contribution is 7.13. The van der Waals surface area contributed by atoms with Crippen LogP contribution in [0.25, 0.3) is 0 Å². The number of hydrogen-bond donors (Lipinski definition) is 1. The van der Waals surface area contributed by atoms with Gasteiger partial charge in [-0.3, -0.25) is 5.43 Å². The van der Waals surface area contributed by atoms with Crippen molar-refractivity contribution in [2.75, 3.05) is 5.43 Å². The first-order valence-electron chi connectivity index (χ1n) is 7.22. The fourth-order valence-corrected chi connectivity index (χ4v) is 2.55. The number of hydrazone groups is 1. The fraction of sp³-hybridized carbons (Fsp3) is 0.133. The summed E-state index contributed by atoms with van der Waals surface area (Å²) in [5, 5.41) is 21.2. The van der Waals surface area contributed by atoms with Crippen LogP contribution in [0.5, 0.6) is 5.75 Å². The molecule has 2 heterocycles. The van der Waals surface area contributed by atoms with E-state index in [0.29, 0.717) is 5.75 Å². The molecule has 0 spiro atoms. The molecule has 3 aromatic rings. The van der Waals surface area contributed by atoms with Crippen molar-refractivity contribution in [2.45, 2.75) is 13.7 Å². The number of ether oxygens (including phenoxy) is 1. The first kappa shape index (κ1) is 16.6. The molecule has 0 saturated carbocycles. The molecule has 0 amide bonds. The minimum absolute atomic E-state index is 0.0745. The number of thiazole rings is 1. The summed E-state index contributed by atoms with van der Waals surface area (Å²) in [4.78, 5) is 14.3. The topological polar surface area (TPSA) is 107 Å². The highest BCUT2D eigenvalue weighted by Gasteiger charge is 2.10. The summed E-state index contributed by atoms with van der Waals surface area (Å²) in [6.07, 6.45) is 3.14. The highest BCUT2D eigenvalue weighted by Crippen LogP contribution is 2.15. The average Bonchev–Trinajstić information content (AvgIpc) is 3.23. The van der Waals surface area contributed by atoms with Crippen LogP contribution < -0.4 is 10.2 Å². The third-order valence-electron chi connectivity index (χ3n) is 3.03. The summed E-state index contributed by atoms with van der Waals surface area (Å²) >= 11 is 1.48. The Morgan fingerprint density at radius 1 is 1.48 bits per heavy atom. The molecule has 0 radical (unpaired) electrons. The monoisotopic (exact) mass is 358 g/mol. The van der Waals surface area contributed by atoms with E-state index >= 15 is 0 Å². The maximum Gasteiger partial charge on any atom is 0.390 e. The zero-order valence-corrected chi connectivity index (χ0v) is 14.0. The van der Waals surface area contributed by atoms with E-state index in [-0.39, 0.29) is 12.5 Å². The summed E-state index contributed by atoms with van der Waals surface area (Å²) in [6, 6.07) is 8.61. The third kappa shape index (κ3) is 4.61. The zero-order chi connectivity index (χ0) is 17.6. The van der Waals surface area contributed by atoms with Crippen LogP contribution in [0, 0.1) is 17.0 Å². The molecular formula is C15H14N6O3S. The summed E-state index contributed by atoms with van der Waals surface area (Å²) in [6.45, 7) is 1.99. The molecule has 0 saturated heterocycles. The Labute approximate surface area is 146 Å². The first-order valence-corrected chi connectivity index (χ1v) is 8.10. The van der Waals surface area contributed by atoms with Crippen LogP contribution >= 0.6 is 11.3 Å². The van der Waals surface area contributed by atoms with Crippen LogP contribution in [-0.2, 0) is 6.73 Å². The Hall–Kier alpha value is -3.27. The molecule has 1 N–H and O–H groups in total. The molecule has 0 aliphatic heterocycles. The van der Waals surface area contributed by atoms with Crippen molar-refractivity contribution < 1.29 is 9.66 Å². The number of aryl methyl sites for hydroxylation is 1. The molecule has 0 aliphatic rings. The molecule has 0 aliphatic carbocycles. The van der Waals surface area contributed by atoms with Crippen molar-refractivity contribution in [1.29, 1.82) is 0 Å². The van der Waals surface area contributed by atoms with Gasteiger partial charge in [0, 0.05) is 5.38 Å². The molecule has 9 nitrogen and oxygen atoms in total. The van der Waals surface area contributed by atoms with E-state index in [9.17, 15) is 10.1 Å². The lowest BCUT2D eigenvalue weighted by atomic mass is 10.2. The molecule has 128 valence electrons. The van der Waals surface area contributed by atoms with Crippen molar-refractivity contribution in [2.24, 2.45) is 5.10 Å². The summed E-state index contributed by atoms with van der Waals surface area (Å²) in [5.41, 5.74) is 4.64. The maximum atomic E-state index is 10.6. The Bertz CT molecular complexity index is 904. The maximum absolute atomic E-state index is 10.6. The lowest BCUT2D eigenvalue weighted by Crippen LogP contribution is -2.06. The molecule has 1 aromatic carbocycles. The van der Waals surface area contributed by atoms with Crippen LogP contribution in [0.4, 0.5) is 10.9 Å². The standard InChI is InChI=1S/C15H14N6O3S/c1-11-9-25-15(17-11)18-16-8-12-3-2-4-13(7-12)24-10-20-6-5-14(19-20)21(22)23/h2-9H,10H2,1H3,(H,17,18). The number of nitrogens with zero attached hydrogens (tertiary/aromatic N) is 5. The van der Waals surface area contributed by atoms with Crippen molar-refractivity contribution in [3.8, 4) is 5.75 Å². The summed E-state index contributed by atoms with van der Waals surface area (Å²) in [5.74, 6) is 0.389. The van der Waals surface area contributed by atoms with Gasteiger partial charge in [0.2, 0.25) is 11.9 Å². The van der Waals surface area contributed by atoms with Gasteiger partial charge in [0.05, 0.1) is 29.3 Å². The fourth-order valence-electron chi connectivity index (χ4n) is 1.91. The number of anilines is 1. The largest absolute Gasteiger partial charge is 0.469 e. The Balaban J connectivity index is 1.57. The second-order valence-electron chi connectivity index (χ2n) is 4.98. The van der Waals surface area contributed by atoms with Crippen LogP contribution in [0.1, 0.15) is 11.3 Å². The van der Waals surface area contributed by atoms with Gasteiger partial charge in [-0.2, -0.15) is 5.10 Å². The average molecular weight is 358 g/mol. The Kier molecular flexibility index (Phi) is 5.00. The van der Waals surface area contributed by atoms with E-state index in [0.717, 1.165) is 16.4 Å². The number of hydrogen-bond acceptors (Lipinski definition) is 8. The Morgan fingerprint density at radius 3 is 3.08 bits per heavy atom. The summed E-state index contributed by atoms with van der Waals surface area (Å²) in [7, 11) is 0. The van der Waals surface area contributed by atoms with Gasteiger partial charge in [-0.05, 0) is 29.5 Å². The Morgan fingerprint density at radius 2 is 2.36 bits per heavy atom. The third-order valence-corrected chi connectivity index (χ3v) is 3.89. The minimum atomic E-state index is -0.551. The minimum Gasteiger partial charge on any atom is -0.469 e. The number of rotatable bonds is 7. The van der Waals surface area contributed by atoms with Gasteiger partial charge in [0.15, 0.2) is 0 Å². The molecule has 0 bridgehead atoms. The number of nitrogens with one attached hydrogen (secondary N) is 1. The van der Waals surface area contributed by atoms with E-state index < -0.39 is 4.92 Å². The van der Waals surface area contributed by atoms with Crippen molar-refractivity contribution in [3.63, 3.8) is 0 Å². The van der Waals surface area contributed by atoms with Gasteiger partial charge in [-0.15, -0.1) is 16.0 Å². The van der Waals surface area contributed by atoms with Gasteiger partial charge in [-0.1, -0.05) is 12.1 Å². The SMILES string of the molecule is Cc1csc(NN=Cc2cccc(OCn3ccc([N+](=O)[O-])n3)c2)n1. The second-order valence-corrected chi connectivity index (χ2v) is 5.84. The lowest BCUT2D eigenvalue weighted by Gasteiger charge is -2.04. The molecule has 0 fully saturated rings. The molecule has 0 atom stereocenters. The number of aromatic nitrogens is 3. The molecule has 0 unspecified atom stereocenters. The smallest absolute Gasteiger partial charge is 0.390 e. The van der Waals surface area contributed by atoms with E-state index in [4.69, 9.17) is 4.74 Å². The van der Waals surface area contributed by atoms with E-state index in [2.05, 4.69) is 20.6 Å². The molecule has 10 heteroatoms.